The molecular weight excluding hydrogens is 404 g/mol. The Morgan fingerprint density at radius 1 is 1.16 bits per heavy atom. The maximum absolute atomic E-state index is 12.1. The van der Waals surface area contributed by atoms with Crippen LogP contribution < -0.4 is 5.43 Å². The highest BCUT2D eigenvalue weighted by atomic mass is 79.9. The highest BCUT2D eigenvalue weighted by molar-refractivity contribution is 9.10. The fourth-order valence-corrected chi connectivity index (χ4v) is 2.80. The van der Waals surface area contributed by atoms with Gasteiger partial charge in [-0.25, -0.2) is 5.43 Å². The molecule has 3 rings (SSSR count). The van der Waals surface area contributed by atoms with Gasteiger partial charge in [0, 0.05) is 10.0 Å². The van der Waals surface area contributed by atoms with E-state index in [-0.39, 0.29) is 5.91 Å². The van der Waals surface area contributed by atoms with Gasteiger partial charge < -0.3 is 4.42 Å². The average molecular weight is 418 g/mol. The Morgan fingerprint density at radius 2 is 1.92 bits per heavy atom. The number of aryl methyl sites for hydroxylation is 1. The Kier molecular flexibility index (Phi) is 5.36. The van der Waals surface area contributed by atoms with Gasteiger partial charge in [-0.3, -0.25) is 4.79 Å². The van der Waals surface area contributed by atoms with Crippen molar-refractivity contribution < 1.29 is 9.21 Å². The van der Waals surface area contributed by atoms with Crippen LogP contribution in [0.2, 0.25) is 5.02 Å². The van der Waals surface area contributed by atoms with Crippen LogP contribution >= 0.6 is 27.5 Å². The normalized spacial score (nSPS) is 11.0. The van der Waals surface area contributed by atoms with Crippen LogP contribution in [0.4, 0.5) is 0 Å². The van der Waals surface area contributed by atoms with Gasteiger partial charge >= 0.3 is 0 Å². The third kappa shape index (κ3) is 4.38. The largest absolute Gasteiger partial charge is 0.455 e. The molecule has 0 saturated heterocycles. The summed E-state index contributed by atoms with van der Waals surface area (Å²) in [6, 6.07) is 16.6. The predicted octanol–water partition coefficient (Wildman–Crippen LogP) is 5.43. The minimum absolute atomic E-state index is 0.374. The molecule has 1 amide bonds. The summed E-state index contributed by atoms with van der Waals surface area (Å²) in [6.07, 6.45) is 1.45. The third-order valence-corrected chi connectivity index (χ3v) is 4.32. The summed E-state index contributed by atoms with van der Waals surface area (Å²) in [6.45, 7) is 1.91. The highest BCUT2D eigenvalue weighted by Crippen LogP contribution is 2.23. The van der Waals surface area contributed by atoms with Crippen molar-refractivity contribution in [2.45, 2.75) is 6.92 Å². The Labute approximate surface area is 158 Å². The lowest BCUT2D eigenvalue weighted by molar-refractivity contribution is 0.0955. The van der Waals surface area contributed by atoms with Crippen molar-refractivity contribution >= 4 is 39.7 Å². The number of amides is 1. The minimum atomic E-state index is -0.374. The van der Waals surface area contributed by atoms with E-state index in [0.29, 0.717) is 16.3 Å². The summed E-state index contributed by atoms with van der Waals surface area (Å²) >= 11 is 9.47. The zero-order chi connectivity index (χ0) is 17.8. The minimum Gasteiger partial charge on any atom is -0.455 e. The lowest BCUT2D eigenvalue weighted by Gasteiger charge is -2.03. The molecule has 0 spiro atoms. The molecule has 4 nitrogen and oxygen atoms in total. The molecule has 0 bridgehead atoms. The summed E-state index contributed by atoms with van der Waals surface area (Å²) < 4.78 is 6.70. The van der Waals surface area contributed by atoms with Gasteiger partial charge in [-0.05, 0) is 48.9 Å². The molecule has 0 fully saturated rings. The molecule has 2 aromatic carbocycles. The van der Waals surface area contributed by atoms with Gasteiger partial charge in [-0.1, -0.05) is 45.7 Å². The van der Waals surface area contributed by atoms with Gasteiger partial charge in [-0.15, -0.1) is 0 Å². The van der Waals surface area contributed by atoms with E-state index in [9.17, 15) is 4.79 Å². The number of benzene rings is 2. The number of furan rings is 1. The lowest BCUT2D eigenvalue weighted by atomic mass is 10.1. The van der Waals surface area contributed by atoms with Crippen molar-refractivity contribution in [3.05, 3.63) is 81.0 Å². The topological polar surface area (TPSA) is 54.6 Å². The number of nitrogens with zero attached hydrogens (tertiary/aromatic N) is 1. The fraction of sp³-hybridized carbons (Fsp3) is 0.0526. The van der Waals surface area contributed by atoms with E-state index in [1.807, 2.05) is 43.3 Å². The second-order valence-electron chi connectivity index (χ2n) is 5.39. The number of hydrogen-bond donors (Lipinski definition) is 1. The molecule has 0 aliphatic rings. The number of carbonyl (C=O) groups is 1. The molecule has 1 aromatic heterocycles. The van der Waals surface area contributed by atoms with Crippen LogP contribution in [-0.4, -0.2) is 12.1 Å². The summed E-state index contributed by atoms with van der Waals surface area (Å²) in [4.78, 5) is 12.1. The van der Waals surface area contributed by atoms with Crippen LogP contribution in [0, 0.1) is 6.92 Å². The smallest absolute Gasteiger partial charge is 0.272 e. The molecule has 0 aliphatic heterocycles. The molecule has 0 saturated carbocycles. The van der Waals surface area contributed by atoms with E-state index in [1.165, 1.54) is 6.21 Å². The number of nitrogens with one attached hydrogen (secondary N) is 1. The van der Waals surface area contributed by atoms with Crippen LogP contribution in [-0.2, 0) is 0 Å². The molecule has 126 valence electrons. The second-order valence-corrected chi connectivity index (χ2v) is 6.71. The Morgan fingerprint density at radius 3 is 2.64 bits per heavy atom. The maximum Gasteiger partial charge on any atom is 0.272 e. The molecule has 1 heterocycles. The lowest BCUT2D eigenvalue weighted by Crippen LogP contribution is -2.18. The highest BCUT2D eigenvalue weighted by Gasteiger charge is 2.09. The summed E-state index contributed by atoms with van der Waals surface area (Å²) in [5.41, 5.74) is 4.76. The first-order chi connectivity index (χ1) is 12.0. The van der Waals surface area contributed by atoms with Crippen LogP contribution in [0.15, 0.2) is 68.6 Å². The van der Waals surface area contributed by atoms with Gasteiger partial charge in [0.05, 0.1) is 16.8 Å². The molecule has 3 aromatic rings. The second kappa shape index (κ2) is 7.68. The first-order valence-electron chi connectivity index (χ1n) is 7.48. The monoisotopic (exact) mass is 416 g/mol. The van der Waals surface area contributed by atoms with Crippen molar-refractivity contribution in [2.75, 3.05) is 0 Å². The van der Waals surface area contributed by atoms with E-state index >= 15 is 0 Å². The Hall–Kier alpha value is -2.37. The molecule has 0 aliphatic carbocycles. The van der Waals surface area contributed by atoms with E-state index in [0.717, 1.165) is 21.4 Å². The van der Waals surface area contributed by atoms with Crippen LogP contribution in [0.1, 0.15) is 21.7 Å². The van der Waals surface area contributed by atoms with Gasteiger partial charge in [-0.2, -0.15) is 5.10 Å². The first-order valence-corrected chi connectivity index (χ1v) is 8.65. The van der Waals surface area contributed by atoms with Crippen molar-refractivity contribution in [1.82, 2.24) is 5.43 Å². The van der Waals surface area contributed by atoms with Gasteiger partial charge in [0.1, 0.15) is 11.5 Å². The Bertz CT molecular complexity index is 933. The number of rotatable bonds is 4. The molecule has 1 N–H and O–H groups in total. The van der Waals surface area contributed by atoms with Gasteiger partial charge in [0.2, 0.25) is 0 Å². The van der Waals surface area contributed by atoms with Gasteiger partial charge in [0.15, 0.2) is 0 Å². The number of hydrogen-bond acceptors (Lipinski definition) is 3. The van der Waals surface area contributed by atoms with Crippen molar-refractivity contribution in [1.29, 1.82) is 0 Å². The standard InChI is InChI=1S/C19H14BrClN2O2/c1-12-2-8-16(17(21)10-12)19(24)23-22-11-15-7-9-18(25-15)13-3-5-14(20)6-4-13/h2-11H,1H3,(H,23,24)/b22-11+. The average Bonchev–Trinajstić information content (AvgIpc) is 3.04. The fourth-order valence-electron chi connectivity index (χ4n) is 2.21. The van der Waals surface area contributed by atoms with Crippen molar-refractivity contribution in [2.24, 2.45) is 5.10 Å². The van der Waals surface area contributed by atoms with Crippen LogP contribution in [0.3, 0.4) is 0 Å². The summed E-state index contributed by atoms with van der Waals surface area (Å²) in [5.74, 6) is 0.885. The van der Waals surface area contributed by atoms with E-state index < -0.39 is 0 Å². The van der Waals surface area contributed by atoms with Crippen LogP contribution in [0.25, 0.3) is 11.3 Å². The van der Waals surface area contributed by atoms with Crippen molar-refractivity contribution in [3.63, 3.8) is 0 Å². The quantitative estimate of drug-likeness (QED) is 0.454. The molecule has 0 radical (unpaired) electrons. The van der Waals surface area contributed by atoms with Crippen LogP contribution in [0.5, 0.6) is 0 Å². The van der Waals surface area contributed by atoms with E-state index in [4.69, 9.17) is 16.0 Å². The third-order valence-electron chi connectivity index (χ3n) is 3.48. The number of halogens is 2. The molecular formula is C19H14BrClN2O2. The molecule has 0 atom stereocenters. The maximum atomic E-state index is 12.1. The predicted molar refractivity (Wildman–Crippen MR) is 103 cm³/mol. The van der Waals surface area contributed by atoms with Gasteiger partial charge in [0.25, 0.3) is 5.91 Å². The number of hydrazone groups is 1. The molecule has 0 unspecified atom stereocenters. The summed E-state index contributed by atoms with van der Waals surface area (Å²) in [7, 11) is 0. The molecule has 25 heavy (non-hydrogen) atoms. The zero-order valence-electron chi connectivity index (χ0n) is 13.3. The Balaban J connectivity index is 1.66. The van der Waals surface area contributed by atoms with E-state index in [1.54, 1.807) is 18.2 Å². The SMILES string of the molecule is Cc1ccc(C(=O)N/N=C/c2ccc(-c3ccc(Br)cc3)o2)c(Cl)c1. The first kappa shape index (κ1) is 17.5. The summed E-state index contributed by atoms with van der Waals surface area (Å²) in [5, 5.41) is 4.31. The molecule has 6 heteroatoms. The van der Waals surface area contributed by atoms with E-state index in [2.05, 4.69) is 26.5 Å². The van der Waals surface area contributed by atoms with Crippen molar-refractivity contribution in [3.8, 4) is 11.3 Å². The zero-order valence-corrected chi connectivity index (χ0v) is 15.6. The number of carbonyl (C=O) groups excluding carboxylic acids is 1.